The number of nitrogens with one attached hydrogen (secondary N) is 1. The van der Waals surface area contributed by atoms with E-state index in [2.05, 4.69) is 53.1 Å². The van der Waals surface area contributed by atoms with Gasteiger partial charge in [0.05, 0.1) is 5.02 Å². The van der Waals surface area contributed by atoms with Gasteiger partial charge in [-0.25, -0.2) is 0 Å². The molecule has 0 aliphatic carbocycles. The van der Waals surface area contributed by atoms with Gasteiger partial charge in [-0.15, -0.1) is 0 Å². The highest BCUT2D eigenvalue weighted by Crippen LogP contribution is 2.26. The van der Waals surface area contributed by atoms with E-state index in [1.165, 1.54) is 0 Å². The number of amides is 1. The largest absolute Gasteiger partial charge is 0.322 e. The first-order valence-electron chi connectivity index (χ1n) is 5.18. The summed E-state index contributed by atoms with van der Waals surface area (Å²) < 4.78 is 2.46. The summed E-state index contributed by atoms with van der Waals surface area (Å²) in [5.74, 6) is -0.194. The molecule has 0 radical (unpaired) electrons. The van der Waals surface area contributed by atoms with Crippen LogP contribution in [0.5, 0.6) is 0 Å². The molecular formula is C13H7Br3ClNO. The summed E-state index contributed by atoms with van der Waals surface area (Å²) in [5.41, 5.74) is 1.20. The molecule has 0 unspecified atom stereocenters. The molecule has 0 aromatic heterocycles. The van der Waals surface area contributed by atoms with Crippen molar-refractivity contribution in [2.75, 3.05) is 5.32 Å². The van der Waals surface area contributed by atoms with Crippen LogP contribution in [-0.2, 0) is 0 Å². The van der Waals surface area contributed by atoms with Gasteiger partial charge in [-0.2, -0.15) is 0 Å². The molecule has 0 aliphatic heterocycles. The van der Waals surface area contributed by atoms with Crippen LogP contribution >= 0.6 is 59.4 Å². The number of rotatable bonds is 2. The zero-order valence-electron chi connectivity index (χ0n) is 9.38. The summed E-state index contributed by atoms with van der Waals surface area (Å²) in [4.78, 5) is 12.1. The van der Waals surface area contributed by atoms with Crippen molar-refractivity contribution < 1.29 is 4.79 Å². The number of carbonyl (C=O) groups excluding carboxylic acids is 1. The first-order chi connectivity index (χ1) is 8.95. The van der Waals surface area contributed by atoms with Crippen molar-refractivity contribution in [1.82, 2.24) is 0 Å². The molecule has 0 spiro atoms. The maximum Gasteiger partial charge on any atom is 0.255 e. The van der Waals surface area contributed by atoms with Crippen LogP contribution in [0.15, 0.2) is 49.8 Å². The fourth-order valence-corrected chi connectivity index (χ4v) is 3.18. The van der Waals surface area contributed by atoms with Gasteiger partial charge in [-0.05, 0) is 52.3 Å². The summed E-state index contributed by atoms with van der Waals surface area (Å²) in [6, 6.07) is 10.6. The van der Waals surface area contributed by atoms with Gasteiger partial charge < -0.3 is 5.32 Å². The molecule has 1 amide bonds. The van der Waals surface area contributed by atoms with Crippen LogP contribution in [0, 0.1) is 0 Å². The molecule has 0 heterocycles. The topological polar surface area (TPSA) is 29.1 Å². The van der Waals surface area contributed by atoms with Gasteiger partial charge in [0.25, 0.3) is 5.91 Å². The van der Waals surface area contributed by atoms with Gasteiger partial charge in [-0.1, -0.05) is 43.5 Å². The van der Waals surface area contributed by atoms with Crippen molar-refractivity contribution in [2.24, 2.45) is 0 Å². The van der Waals surface area contributed by atoms with E-state index in [1.807, 2.05) is 6.07 Å². The highest BCUT2D eigenvalue weighted by atomic mass is 79.9. The first-order valence-corrected chi connectivity index (χ1v) is 7.94. The Morgan fingerprint density at radius 1 is 1.00 bits per heavy atom. The van der Waals surface area contributed by atoms with Crippen LogP contribution in [-0.4, -0.2) is 5.91 Å². The van der Waals surface area contributed by atoms with Crippen molar-refractivity contribution in [1.29, 1.82) is 0 Å². The monoisotopic (exact) mass is 465 g/mol. The fourth-order valence-electron chi connectivity index (χ4n) is 1.46. The number of hydrogen-bond donors (Lipinski definition) is 1. The molecule has 19 heavy (non-hydrogen) atoms. The quantitative estimate of drug-likeness (QED) is 0.586. The second-order valence-electron chi connectivity index (χ2n) is 3.74. The lowest BCUT2D eigenvalue weighted by Crippen LogP contribution is -2.11. The van der Waals surface area contributed by atoms with Gasteiger partial charge in [0.2, 0.25) is 0 Å². The molecule has 0 aliphatic rings. The summed E-state index contributed by atoms with van der Waals surface area (Å²) in [7, 11) is 0. The average molecular weight is 468 g/mol. The van der Waals surface area contributed by atoms with Crippen molar-refractivity contribution in [3.63, 3.8) is 0 Å². The predicted molar refractivity (Wildman–Crippen MR) is 88.9 cm³/mol. The van der Waals surface area contributed by atoms with Crippen LogP contribution in [0.1, 0.15) is 10.4 Å². The second kappa shape index (κ2) is 6.39. The lowest BCUT2D eigenvalue weighted by molar-refractivity contribution is 0.102. The smallest absolute Gasteiger partial charge is 0.255 e. The summed E-state index contributed by atoms with van der Waals surface area (Å²) in [6.45, 7) is 0. The predicted octanol–water partition coefficient (Wildman–Crippen LogP) is 5.88. The van der Waals surface area contributed by atoms with Crippen molar-refractivity contribution in [3.8, 4) is 0 Å². The van der Waals surface area contributed by atoms with Gasteiger partial charge in [0, 0.05) is 24.7 Å². The van der Waals surface area contributed by atoms with Gasteiger partial charge in [-0.3, -0.25) is 4.79 Å². The number of carbonyl (C=O) groups is 1. The number of benzene rings is 2. The van der Waals surface area contributed by atoms with Crippen molar-refractivity contribution in [2.45, 2.75) is 0 Å². The third-order valence-corrected chi connectivity index (χ3v) is 4.45. The minimum absolute atomic E-state index is 0.194. The van der Waals surface area contributed by atoms with Crippen LogP contribution in [0.25, 0.3) is 0 Å². The lowest BCUT2D eigenvalue weighted by Gasteiger charge is -2.07. The van der Waals surface area contributed by atoms with E-state index in [9.17, 15) is 4.79 Å². The molecule has 2 aromatic carbocycles. The van der Waals surface area contributed by atoms with E-state index in [1.54, 1.807) is 30.3 Å². The Bertz CT molecular complexity index is 626. The molecule has 0 saturated carbocycles. The first kappa shape index (κ1) is 15.0. The normalized spacial score (nSPS) is 10.3. The maximum atomic E-state index is 12.1. The fraction of sp³-hybridized carbons (Fsp3) is 0. The van der Waals surface area contributed by atoms with Gasteiger partial charge >= 0.3 is 0 Å². The van der Waals surface area contributed by atoms with Crippen LogP contribution in [0.3, 0.4) is 0 Å². The van der Waals surface area contributed by atoms with E-state index in [-0.39, 0.29) is 5.91 Å². The molecular weight excluding hydrogens is 461 g/mol. The highest BCUT2D eigenvalue weighted by Gasteiger charge is 2.09. The van der Waals surface area contributed by atoms with Gasteiger partial charge in [0.1, 0.15) is 0 Å². The van der Waals surface area contributed by atoms with Crippen molar-refractivity contribution in [3.05, 3.63) is 60.4 Å². The Kier molecular flexibility index (Phi) is 5.06. The standard InChI is InChI=1S/C13H7Br3ClNO/c14-8-3-7(4-9(15)5-8)13(19)18-10-1-2-11(16)12(17)6-10/h1-6H,(H,18,19). The average Bonchev–Trinajstić information content (AvgIpc) is 2.32. The Hall–Kier alpha value is -0.360. The molecule has 98 valence electrons. The zero-order valence-corrected chi connectivity index (χ0v) is 14.9. The minimum atomic E-state index is -0.194. The van der Waals surface area contributed by atoms with E-state index >= 15 is 0 Å². The zero-order chi connectivity index (χ0) is 14.0. The second-order valence-corrected chi connectivity index (χ2v) is 6.83. The van der Waals surface area contributed by atoms with Crippen LogP contribution in [0.2, 0.25) is 5.02 Å². The molecule has 2 nitrogen and oxygen atoms in total. The third-order valence-electron chi connectivity index (χ3n) is 2.30. The molecule has 0 fully saturated rings. The molecule has 0 atom stereocenters. The van der Waals surface area contributed by atoms with E-state index in [4.69, 9.17) is 11.6 Å². The molecule has 2 aromatic rings. The van der Waals surface area contributed by atoms with E-state index in [0.717, 1.165) is 13.4 Å². The number of halogens is 4. The Labute approximate surface area is 140 Å². The third kappa shape index (κ3) is 4.05. The number of anilines is 1. The Balaban J connectivity index is 2.22. The molecule has 1 N–H and O–H groups in total. The van der Waals surface area contributed by atoms with Crippen LogP contribution in [0.4, 0.5) is 5.69 Å². The molecule has 6 heteroatoms. The van der Waals surface area contributed by atoms with E-state index in [0.29, 0.717) is 16.3 Å². The Morgan fingerprint density at radius 2 is 1.63 bits per heavy atom. The minimum Gasteiger partial charge on any atom is -0.322 e. The number of hydrogen-bond acceptors (Lipinski definition) is 1. The summed E-state index contributed by atoms with van der Waals surface area (Å²) in [5, 5.41) is 3.34. The van der Waals surface area contributed by atoms with Gasteiger partial charge in [0.15, 0.2) is 0 Å². The molecule has 0 bridgehead atoms. The lowest BCUT2D eigenvalue weighted by atomic mass is 10.2. The molecule has 0 saturated heterocycles. The molecule has 2 rings (SSSR count). The van der Waals surface area contributed by atoms with Crippen LogP contribution < -0.4 is 5.32 Å². The maximum absolute atomic E-state index is 12.1. The summed E-state index contributed by atoms with van der Waals surface area (Å²) >= 11 is 16.0. The summed E-state index contributed by atoms with van der Waals surface area (Å²) in [6.07, 6.45) is 0. The van der Waals surface area contributed by atoms with Crippen molar-refractivity contribution >= 4 is 71.0 Å². The SMILES string of the molecule is O=C(Nc1ccc(Br)c(Cl)c1)c1cc(Br)cc(Br)c1. The Morgan fingerprint density at radius 3 is 2.21 bits per heavy atom. The highest BCUT2D eigenvalue weighted by molar-refractivity contribution is 9.11. The van der Waals surface area contributed by atoms with E-state index < -0.39 is 0 Å².